The summed E-state index contributed by atoms with van der Waals surface area (Å²) in [6.45, 7) is 6.52. The van der Waals surface area contributed by atoms with Crippen LogP contribution in [0, 0.1) is 6.92 Å². The maximum Gasteiger partial charge on any atom is 0.348 e. The van der Waals surface area contributed by atoms with Crippen molar-refractivity contribution in [2.45, 2.75) is 25.8 Å². The zero-order valence-electron chi connectivity index (χ0n) is 21.0. The standard InChI is InChI=1S/C24H28Cl2N8O3S/c1-13-16(25)17(26)18(28-13)22(35)29-14-4-7-34(8-5-14)24-31-19(20(38-24)23(36)37)21-27-6-3-15(30-21)33-11-9-32(2)10-12-33/h3,6,14,28H,4-5,7-12H2,1-2H3,(H,29,35)(H,36,37). The van der Waals surface area contributed by atoms with Gasteiger partial charge < -0.3 is 30.1 Å². The van der Waals surface area contributed by atoms with Gasteiger partial charge in [-0.3, -0.25) is 4.79 Å². The molecule has 1 amide bonds. The van der Waals surface area contributed by atoms with Crippen molar-refractivity contribution >= 4 is 57.4 Å². The summed E-state index contributed by atoms with van der Waals surface area (Å²) in [7, 11) is 2.09. The molecule has 0 radical (unpaired) electrons. The number of piperidine rings is 1. The number of rotatable bonds is 6. The summed E-state index contributed by atoms with van der Waals surface area (Å²) in [4.78, 5) is 48.0. The van der Waals surface area contributed by atoms with Crippen LogP contribution >= 0.6 is 34.5 Å². The van der Waals surface area contributed by atoms with Crippen molar-refractivity contribution in [1.29, 1.82) is 0 Å². The minimum atomic E-state index is -1.06. The third kappa shape index (κ3) is 5.44. The number of hydrogen-bond acceptors (Lipinski definition) is 9. The highest BCUT2D eigenvalue weighted by Gasteiger charge is 2.28. The Labute approximate surface area is 233 Å². The summed E-state index contributed by atoms with van der Waals surface area (Å²) in [5.74, 6) is -0.286. The van der Waals surface area contributed by atoms with Gasteiger partial charge in [0.05, 0.1) is 10.0 Å². The number of carboxylic acids is 1. The molecule has 5 heterocycles. The minimum absolute atomic E-state index is 0.0563. The first-order chi connectivity index (χ1) is 18.2. The molecule has 2 aliphatic heterocycles. The van der Waals surface area contributed by atoms with Crippen molar-refractivity contribution in [3.05, 3.63) is 38.6 Å². The summed E-state index contributed by atoms with van der Waals surface area (Å²) < 4.78 is 0. The van der Waals surface area contributed by atoms with Crippen LogP contribution in [0.2, 0.25) is 10.0 Å². The van der Waals surface area contributed by atoms with Crippen molar-refractivity contribution in [1.82, 2.24) is 30.2 Å². The van der Waals surface area contributed by atoms with E-state index < -0.39 is 5.97 Å². The Bertz CT molecular complexity index is 1350. The quantitative estimate of drug-likeness (QED) is 0.402. The minimum Gasteiger partial charge on any atom is -0.477 e. The van der Waals surface area contributed by atoms with Crippen molar-refractivity contribution in [3.8, 4) is 11.5 Å². The van der Waals surface area contributed by atoms with Crippen molar-refractivity contribution in [2.75, 3.05) is 56.1 Å². The number of nitrogens with zero attached hydrogens (tertiary/aromatic N) is 6. The van der Waals surface area contributed by atoms with E-state index in [1.807, 2.05) is 11.0 Å². The summed E-state index contributed by atoms with van der Waals surface area (Å²) in [6, 6.07) is 1.79. The summed E-state index contributed by atoms with van der Waals surface area (Å²) in [5, 5.41) is 14.1. The van der Waals surface area contributed by atoms with Crippen LogP contribution in [0.25, 0.3) is 11.5 Å². The number of piperazine rings is 1. The van der Waals surface area contributed by atoms with Gasteiger partial charge in [-0.05, 0) is 32.9 Å². The Morgan fingerprint density at radius 1 is 1.08 bits per heavy atom. The van der Waals surface area contributed by atoms with E-state index in [1.54, 1.807) is 13.1 Å². The van der Waals surface area contributed by atoms with Gasteiger partial charge in [0, 0.05) is 57.2 Å². The highest BCUT2D eigenvalue weighted by Crippen LogP contribution is 2.34. The van der Waals surface area contributed by atoms with Crippen molar-refractivity contribution in [3.63, 3.8) is 0 Å². The zero-order chi connectivity index (χ0) is 27.0. The van der Waals surface area contributed by atoms with Crippen LogP contribution < -0.4 is 15.1 Å². The fourth-order valence-electron chi connectivity index (χ4n) is 4.62. The van der Waals surface area contributed by atoms with E-state index in [0.717, 1.165) is 43.3 Å². The molecule has 5 rings (SSSR count). The molecule has 0 unspecified atom stereocenters. The Morgan fingerprint density at radius 3 is 2.42 bits per heavy atom. The number of carbonyl (C=O) groups is 2. The highest BCUT2D eigenvalue weighted by atomic mass is 35.5. The van der Waals surface area contributed by atoms with E-state index in [1.165, 1.54) is 0 Å². The lowest BCUT2D eigenvalue weighted by atomic mass is 10.1. The molecule has 14 heteroatoms. The lowest BCUT2D eigenvalue weighted by molar-refractivity contribution is 0.0702. The molecule has 0 bridgehead atoms. The number of amides is 1. The van der Waals surface area contributed by atoms with Crippen LogP contribution in [-0.2, 0) is 0 Å². The van der Waals surface area contributed by atoms with Gasteiger partial charge in [0.25, 0.3) is 5.91 Å². The number of H-pyrrole nitrogens is 1. The van der Waals surface area contributed by atoms with Gasteiger partial charge in [-0.2, -0.15) is 0 Å². The van der Waals surface area contributed by atoms with Gasteiger partial charge in [-0.1, -0.05) is 34.5 Å². The van der Waals surface area contributed by atoms with Gasteiger partial charge in [0.15, 0.2) is 11.0 Å². The fourth-order valence-corrected chi connectivity index (χ4v) is 5.98. The monoisotopic (exact) mass is 578 g/mol. The molecule has 0 spiro atoms. The third-order valence-electron chi connectivity index (χ3n) is 6.87. The Hall–Kier alpha value is -2.93. The van der Waals surface area contributed by atoms with E-state index in [9.17, 15) is 14.7 Å². The Morgan fingerprint density at radius 2 is 1.79 bits per heavy atom. The molecule has 2 aliphatic rings. The van der Waals surface area contributed by atoms with Crippen LogP contribution in [0.15, 0.2) is 12.3 Å². The van der Waals surface area contributed by atoms with Crippen LogP contribution in [0.4, 0.5) is 10.9 Å². The number of hydrogen-bond donors (Lipinski definition) is 3. The molecule has 3 N–H and O–H groups in total. The maximum atomic E-state index is 12.7. The van der Waals surface area contributed by atoms with Crippen LogP contribution in [0.1, 0.15) is 38.7 Å². The molecule has 0 saturated carbocycles. The number of carbonyl (C=O) groups excluding carboxylic acids is 1. The molecule has 3 aromatic rings. The zero-order valence-corrected chi connectivity index (χ0v) is 23.3. The Kier molecular flexibility index (Phi) is 7.75. The largest absolute Gasteiger partial charge is 0.477 e. The predicted octanol–water partition coefficient (Wildman–Crippen LogP) is 3.39. The molecule has 11 nitrogen and oxygen atoms in total. The second kappa shape index (κ2) is 11.0. The van der Waals surface area contributed by atoms with Gasteiger partial charge in [0.2, 0.25) is 0 Å². The number of halogens is 2. The molecule has 0 atom stereocenters. The van der Waals surface area contributed by atoms with Crippen LogP contribution in [-0.4, -0.2) is 94.2 Å². The molecule has 3 aromatic heterocycles. The number of thiazole rings is 1. The number of anilines is 2. The SMILES string of the molecule is Cc1[nH]c(C(=O)NC2CCN(c3nc(-c4nccc(N5CCN(C)CC5)n4)c(C(=O)O)s3)CC2)c(Cl)c1Cl. The van der Waals surface area contributed by atoms with Gasteiger partial charge in [0.1, 0.15) is 22.1 Å². The van der Waals surface area contributed by atoms with Crippen LogP contribution in [0.3, 0.4) is 0 Å². The first-order valence-corrected chi connectivity index (χ1v) is 13.9. The summed E-state index contributed by atoms with van der Waals surface area (Å²) in [5.41, 5.74) is 1.17. The topological polar surface area (TPSA) is 131 Å². The number of aromatic carboxylic acids is 1. The average molecular weight is 580 g/mol. The van der Waals surface area contributed by atoms with Gasteiger partial charge in [-0.15, -0.1) is 0 Å². The Balaban J connectivity index is 1.28. The number of aromatic amines is 1. The van der Waals surface area contributed by atoms with Crippen LogP contribution in [0.5, 0.6) is 0 Å². The van der Waals surface area contributed by atoms with E-state index >= 15 is 0 Å². The number of likely N-dealkylation sites (N-methyl/N-ethyl adjacent to an activating group) is 1. The maximum absolute atomic E-state index is 12.7. The number of aromatic nitrogens is 4. The first kappa shape index (κ1) is 26.7. The van der Waals surface area contributed by atoms with E-state index in [0.29, 0.717) is 47.6 Å². The van der Waals surface area contributed by atoms with Crippen molar-refractivity contribution < 1.29 is 14.7 Å². The molecular weight excluding hydrogens is 551 g/mol. The van der Waals surface area contributed by atoms with E-state index in [-0.39, 0.29) is 33.2 Å². The van der Waals surface area contributed by atoms with Gasteiger partial charge >= 0.3 is 5.97 Å². The average Bonchev–Trinajstić information content (AvgIpc) is 3.47. The second-order valence-corrected chi connectivity index (χ2v) is 11.2. The van der Waals surface area contributed by atoms with Crippen molar-refractivity contribution in [2.24, 2.45) is 0 Å². The van der Waals surface area contributed by atoms with E-state index in [4.69, 9.17) is 23.2 Å². The fraction of sp³-hybridized carbons (Fsp3) is 0.458. The number of carboxylic acid groups (broad SMARTS) is 1. The molecule has 0 aromatic carbocycles. The first-order valence-electron chi connectivity index (χ1n) is 12.3. The predicted molar refractivity (Wildman–Crippen MR) is 148 cm³/mol. The van der Waals surface area contributed by atoms with Gasteiger partial charge in [-0.25, -0.2) is 19.7 Å². The molecular formula is C24H28Cl2N8O3S. The summed E-state index contributed by atoms with van der Waals surface area (Å²) in [6.07, 6.45) is 2.99. The molecule has 2 saturated heterocycles. The molecule has 2 fully saturated rings. The molecule has 0 aliphatic carbocycles. The lowest BCUT2D eigenvalue weighted by Crippen LogP contribution is -2.45. The molecule has 38 heavy (non-hydrogen) atoms. The lowest BCUT2D eigenvalue weighted by Gasteiger charge is -2.33. The molecule has 202 valence electrons. The third-order valence-corrected chi connectivity index (χ3v) is 8.92. The number of nitrogens with one attached hydrogen (secondary N) is 2. The van der Waals surface area contributed by atoms with E-state index in [2.05, 4.69) is 42.1 Å². The number of aryl methyl sites for hydroxylation is 1. The smallest absolute Gasteiger partial charge is 0.348 e. The normalized spacial score (nSPS) is 17.2. The highest BCUT2D eigenvalue weighted by molar-refractivity contribution is 7.17. The second-order valence-electron chi connectivity index (χ2n) is 9.50. The summed E-state index contributed by atoms with van der Waals surface area (Å²) >= 11 is 13.4.